The molecule has 0 saturated heterocycles. The number of rotatable bonds is 6. The van der Waals surface area contributed by atoms with Crippen molar-refractivity contribution in [3.8, 4) is 0 Å². The molecule has 2 aliphatic heterocycles. The molecular weight excluding hydrogens is 432 g/mol. The average molecular weight is 455 g/mol. The number of hydrogen-bond acceptors (Lipinski definition) is 5. The van der Waals surface area contributed by atoms with Gasteiger partial charge in [-0.15, -0.1) is 0 Å². The van der Waals surface area contributed by atoms with Crippen LogP contribution in [0.25, 0.3) is 11.2 Å². The van der Waals surface area contributed by atoms with Gasteiger partial charge in [0, 0.05) is 24.4 Å². The van der Waals surface area contributed by atoms with Crippen LogP contribution >= 0.6 is 0 Å². The third-order valence-electron chi connectivity index (χ3n) is 5.88. The van der Waals surface area contributed by atoms with Crippen LogP contribution in [-0.4, -0.2) is 41.0 Å². The van der Waals surface area contributed by atoms with Gasteiger partial charge in [0.25, 0.3) is 11.2 Å². The third kappa shape index (κ3) is 3.42. The number of fused-ring (bicyclic) bond motifs is 2. The molecule has 34 heavy (non-hydrogen) atoms. The molecule has 2 aliphatic rings. The molecule has 0 radical (unpaired) electrons. The summed E-state index contributed by atoms with van der Waals surface area (Å²) < 4.78 is 5.93. The second-order valence-electron chi connectivity index (χ2n) is 8.43. The number of allylic oxidation sites excluding steroid dienone is 4. The first-order valence-electron chi connectivity index (χ1n) is 10.9. The summed E-state index contributed by atoms with van der Waals surface area (Å²) in [7, 11) is 1.56. The molecule has 1 aromatic carbocycles. The summed E-state index contributed by atoms with van der Waals surface area (Å²) in [6.07, 6.45) is 9.26. The van der Waals surface area contributed by atoms with E-state index in [-0.39, 0.29) is 23.5 Å². The van der Waals surface area contributed by atoms with Crippen LogP contribution in [0.4, 0.5) is 5.95 Å². The Bertz CT molecular complexity index is 1620. The van der Waals surface area contributed by atoms with Crippen molar-refractivity contribution in [2.45, 2.75) is 26.9 Å². The first-order chi connectivity index (χ1) is 16.4. The lowest BCUT2D eigenvalue weighted by atomic mass is 10.1. The number of carbonyl (C=O) groups is 1. The Morgan fingerprint density at radius 1 is 1.12 bits per heavy atom. The molecule has 2 aromatic heterocycles. The second kappa shape index (κ2) is 8.18. The Morgan fingerprint density at radius 3 is 2.62 bits per heavy atom. The molecule has 0 bridgehead atoms. The van der Waals surface area contributed by atoms with E-state index < -0.39 is 11.2 Å². The fraction of sp³-hybridized carbons (Fsp3) is 0.200. The van der Waals surface area contributed by atoms with Crippen molar-refractivity contribution in [3.05, 3.63) is 92.4 Å². The smallest absolute Gasteiger partial charge is 0.292 e. The predicted molar refractivity (Wildman–Crippen MR) is 130 cm³/mol. The third-order valence-corrected chi connectivity index (χ3v) is 5.88. The van der Waals surface area contributed by atoms with Crippen molar-refractivity contribution in [1.29, 1.82) is 0 Å². The highest BCUT2D eigenvalue weighted by molar-refractivity contribution is 6.39. The zero-order valence-corrected chi connectivity index (χ0v) is 19.1. The van der Waals surface area contributed by atoms with Crippen molar-refractivity contribution < 1.29 is 9.37 Å². The van der Waals surface area contributed by atoms with E-state index in [1.165, 1.54) is 4.57 Å². The average Bonchev–Trinajstić information content (AvgIpc) is 3.54. The standard InChI is InChI=1S/C25H23N6O3/c1-16(2)9-11-30-21-22(27-24(30)29-12-10-18-13-26-14-19(18)29)28(3)25(34)31(23(21)33)15-20(32)17-7-5-4-6-8-17/h4-10,12-14H,11,15H2,1-3H3/q+1. The van der Waals surface area contributed by atoms with Gasteiger partial charge in [0.15, 0.2) is 5.78 Å². The Kier molecular flexibility index (Phi) is 5.16. The largest absolute Gasteiger partial charge is 0.406 e. The number of aryl methyl sites for hydroxylation is 1. The van der Waals surface area contributed by atoms with E-state index >= 15 is 0 Å². The molecule has 9 nitrogen and oxygen atoms in total. The molecule has 3 aromatic rings. The van der Waals surface area contributed by atoms with Gasteiger partial charge in [-0.05, 0) is 24.9 Å². The van der Waals surface area contributed by atoms with Crippen LogP contribution in [0, 0.1) is 0 Å². The molecule has 0 spiro atoms. The molecule has 0 amide bonds. The van der Waals surface area contributed by atoms with Gasteiger partial charge in [-0.2, -0.15) is 4.58 Å². The van der Waals surface area contributed by atoms with Crippen molar-refractivity contribution in [2.75, 3.05) is 0 Å². The highest BCUT2D eigenvalue weighted by Crippen LogP contribution is 2.24. The van der Waals surface area contributed by atoms with Gasteiger partial charge in [-0.3, -0.25) is 19.1 Å². The van der Waals surface area contributed by atoms with Gasteiger partial charge < -0.3 is 0 Å². The zero-order valence-electron chi connectivity index (χ0n) is 19.1. The Morgan fingerprint density at radius 2 is 1.88 bits per heavy atom. The first-order valence-corrected chi connectivity index (χ1v) is 10.9. The number of carbonyl (C=O) groups excluding carboxylic acids is 1. The molecular formula is C25H23N6O3+. The van der Waals surface area contributed by atoms with Gasteiger partial charge in [0.1, 0.15) is 5.71 Å². The lowest BCUT2D eigenvalue weighted by molar-refractivity contribution is -0.365. The van der Waals surface area contributed by atoms with E-state index in [4.69, 9.17) is 4.98 Å². The fourth-order valence-corrected chi connectivity index (χ4v) is 4.06. The monoisotopic (exact) mass is 455 g/mol. The number of hydrogen-bond donors (Lipinski definition) is 0. The highest BCUT2D eigenvalue weighted by atomic mass is 16.2. The molecule has 0 aliphatic carbocycles. The van der Waals surface area contributed by atoms with Gasteiger partial charge >= 0.3 is 11.6 Å². The lowest BCUT2D eigenvalue weighted by Crippen LogP contribution is -2.41. The highest BCUT2D eigenvalue weighted by Gasteiger charge is 2.32. The summed E-state index contributed by atoms with van der Waals surface area (Å²) in [5.41, 5.74) is 2.69. The number of benzene rings is 1. The van der Waals surface area contributed by atoms with Crippen molar-refractivity contribution >= 4 is 34.8 Å². The molecule has 0 N–H and O–H groups in total. The Hall–Kier alpha value is -4.40. The van der Waals surface area contributed by atoms with Gasteiger partial charge in [-0.25, -0.2) is 13.9 Å². The maximum Gasteiger partial charge on any atom is 0.406 e. The predicted octanol–water partition coefficient (Wildman–Crippen LogP) is 2.33. The van der Waals surface area contributed by atoms with Crippen LogP contribution in [0.2, 0.25) is 0 Å². The molecule has 170 valence electrons. The van der Waals surface area contributed by atoms with Crippen molar-refractivity contribution in [2.24, 2.45) is 12.0 Å². The van der Waals surface area contributed by atoms with E-state index in [2.05, 4.69) is 4.99 Å². The van der Waals surface area contributed by atoms with Gasteiger partial charge in [0.05, 0.1) is 25.5 Å². The Labute approximate surface area is 194 Å². The van der Waals surface area contributed by atoms with E-state index in [1.807, 2.05) is 36.8 Å². The van der Waals surface area contributed by atoms with Crippen LogP contribution in [0.1, 0.15) is 24.2 Å². The van der Waals surface area contributed by atoms with Crippen LogP contribution in [0.15, 0.2) is 80.6 Å². The molecule has 0 saturated carbocycles. The van der Waals surface area contributed by atoms with Crippen molar-refractivity contribution in [1.82, 2.24) is 18.7 Å². The molecule has 9 heteroatoms. The topological polar surface area (TPSA) is 94.3 Å². The van der Waals surface area contributed by atoms with Gasteiger partial charge in [-0.1, -0.05) is 42.0 Å². The number of Topliss-reactive ketones (excluding diaryl/α,β-unsaturated/α-hetero) is 1. The summed E-state index contributed by atoms with van der Waals surface area (Å²) in [4.78, 5) is 48.5. The zero-order chi connectivity index (χ0) is 24.0. The fourth-order valence-electron chi connectivity index (χ4n) is 4.06. The maximum atomic E-state index is 13.6. The summed E-state index contributed by atoms with van der Waals surface area (Å²) in [5.74, 6) is 0.180. The van der Waals surface area contributed by atoms with Gasteiger partial charge in [0.2, 0.25) is 5.52 Å². The maximum absolute atomic E-state index is 13.6. The van der Waals surface area contributed by atoms with E-state index in [1.54, 1.807) is 54.4 Å². The summed E-state index contributed by atoms with van der Waals surface area (Å²) in [6, 6.07) is 8.62. The summed E-state index contributed by atoms with van der Waals surface area (Å²) in [5, 5.41) is 0. The number of aromatic nitrogens is 4. The Balaban J connectivity index is 1.74. The quantitative estimate of drug-likeness (QED) is 0.324. The first kappa shape index (κ1) is 21.4. The number of aliphatic imine (C=N–C) groups is 1. The number of ketones is 1. The molecule has 0 unspecified atom stereocenters. The van der Waals surface area contributed by atoms with E-state index in [9.17, 15) is 14.4 Å². The minimum Gasteiger partial charge on any atom is -0.292 e. The lowest BCUT2D eigenvalue weighted by Gasteiger charge is -2.07. The molecule has 0 atom stereocenters. The van der Waals surface area contributed by atoms with Crippen LogP contribution in [-0.2, 0) is 20.1 Å². The number of imidazole rings is 1. The van der Waals surface area contributed by atoms with Crippen LogP contribution in [0.3, 0.4) is 0 Å². The second-order valence-corrected chi connectivity index (χ2v) is 8.43. The van der Waals surface area contributed by atoms with E-state index in [0.29, 0.717) is 18.1 Å². The van der Waals surface area contributed by atoms with E-state index in [0.717, 1.165) is 21.4 Å². The normalized spacial score (nSPS) is 14.1. The summed E-state index contributed by atoms with van der Waals surface area (Å²) in [6.45, 7) is 3.97. The minimum absolute atomic E-state index is 0.261. The van der Waals surface area contributed by atoms with Crippen LogP contribution < -0.4 is 11.2 Å². The minimum atomic E-state index is -0.590. The van der Waals surface area contributed by atoms with Crippen molar-refractivity contribution in [3.63, 3.8) is 0 Å². The SMILES string of the molecule is CC(C)=CCn1c([N+]2=C3C=NC=C3C=C2)nc2c1c(=O)n(CC(=O)c1ccccc1)c(=O)n2C. The molecule has 5 rings (SSSR count). The number of nitrogens with zero attached hydrogens (tertiary/aromatic N) is 6. The molecule has 0 fully saturated rings. The summed E-state index contributed by atoms with van der Waals surface area (Å²) >= 11 is 0. The van der Waals surface area contributed by atoms with Crippen LogP contribution in [0.5, 0.6) is 0 Å². The molecule has 4 heterocycles.